The van der Waals surface area contributed by atoms with Gasteiger partial charge in [0.25, 0.3) is 5.91 Å². The van der Waals surface area contributed by atoms with Gasteiger partial charge in [-0.05, 0) is 55.2 Å². The van der Waals surface area contributed by atoms with Crippen LogP contribution in [-0.4, -0.2) is 39.2 Å². The molecule has 2 aromatic carbocycles. The summed E-state index contributed by atoms with van der Waals surface area (Å²) >= 11 is 0. The molecule has 1 aliphatic rings. The van der Waals surface area contributed by atoms with Crippen LogP contribution in [0.1, 0.15) is 29.8 Å². The molecular weight excluding hydrogens is 483 g/mol. The van der Waals surface area contributed by atoms with E-state index in [9.17, 15) is 9.18 Å². The number of hydrogen-bond donors (Lipinski definition) is 2. The van der Waals surface area contributed by atoms with Gasteiger partial charge in [-0.1, -0.05) is 12.1 Å². The lowest BCUT2D eigenvalue weighted by atomic mass is 10.0. The number of pyridine rings is 2. The SMILES string of the molecule is O=C(Nc1ccc(Oc2cc#cc(F)c2)nc1)c1n[nH]c2ccc(-c3cncc(N4CCCCC4)c3)cc12. The molecule has 188 valence electrons. The highest BCUT2D eigenvalue weighted by Gasteiger charge is 2.17. The Kier molecular flexibility index (Phi) is 6.28. The van der Waals surface area contributed by atoms with Crippen LogP contribution in [0.15, 0.2) is 67.1 Å². The number of hydrogen-bond acceptors (Lipinski definition) is 6. The van der Waals surface area contributed by atoms with Gasteiger partial charge in [0.2, 0.25) is 5.88 Å². The van der Waals surface area contributed by atoms with Crippen LogP contribution < -0.4 is 15.0 Å². The van der Waals surface area contributed by atoms with Crippen LogP contribution in [0.4, 0.5) is 15.8 Å². The largest absolute Gasteiger partial charge is 0.438 e. The first-order valence-corrected chi connectivity index (χ1v) is 12.3. The van der Waals surface area contributed by atoms with Crippen molar-refractivity contribution >= 4 is 28.2 Å². The highest BCUT2D eigenvalue weighted by Crippen LogP contribution is 2.29. The molecule has 0 spiro atoms. The number of carbonyl (C=O) groups is 1. The van der Waals surface area contributed by atoms with E-state index in [0.717, 1.165) is 35.4 Å². The van der Waals surface area contributed by atoms with Gasteiger partial charge < -0.3 is 15.0 Å². The fourth-order valence-electron chi connectivity index (χ4n) is 4.54. The van der Waals surface area contributed by atoms with Gasteiger partial charge in [-0.15, -0.1) is 0 Å². The summed E-state index contributed by atoms with van der Waals surface area (Å²) < 4.78 is 18.8. The van der Waals surface area contributed by atoms with E-state index in [1.807, 2.05) is 30.6 Å². The van der Waals surface area contributed by atoms with Crippen LogP contribution in [0.3, 0.4) is 0 Å². The summed E-state index contributed by atoms with van der Waals surface area (Å²) in [7, 11) is 0. The van der Waals surface area contributed by atoms with Crippen molar-refractivity contribution in [3.63, 3.8) is 0 Å². The van der Waals surface area contributed by atoms with Crippen molar-refractivity contribution in [2.24, 2.45) is 0 Å². The van der Waals surface area contributed by atoms with E-state index >= 15 is 0 Å². The van der Waals surface area contributed by atoms with Crippen molar-refractivity contribution in [2.75, 3.05) is 23.3 Å². The second kappa shape index (κ2) is 10.2. The summed E-state index contributed by atoms with van der Waals surface area (Å²) in [6.07, 6.45) is 8.86. The first kappa shape index (κ1) is 23.4. The molecule has 0 aliphatic carbocycles. The molecule has 0 bridgehead atoms. The molecule has 1 aliphatic heterocycles. The zero-order chi connectivity index (χ0) is 25.9. The molecule has 5 aromatic rings. The third-order valence-corrected chi connectivity index (χ3v) is 6.45. The predicted octanol–water partition coefficient (Wildman–Crippen LogP) is 5.79. The average molecular weight is 507 g/mol. The fourth-order valence-corrected chi connectivity index (χ4v) is 4.54. The molecule has 3 aromatic heterocycles. The summed E-state index contributed by atoms with van der Waals surface area (Å²) in [5.74, 6) is -0.454. The number of aromatic nitrogens is 4. The van der Waals surface area contributed by atoms with Gasteiger partial charge in [0.05, 0.1) is 29.3 Å². The molecule has 9 heteroatoms. The summed E-state index contributed by atoms with van der Waals surface area (Å²) in [5, 5.41) is 10.7. The molecule has 4 heterocycles. The molecule has 0 radical (unpaired) electrons. The van der Waals surface area contributed by atoms with Gasteiger partial charge in [0, 0.05) is 48.4 Å². The number of nitrogens with one attached hydrogen (secondary N) is 2. The average Bonchev–Trinajstić information content (AvgIpc) is 3.38. The quantitative estimate of drug-likeness (QED) is 0.302. The minimum Gasteiger partial charge on any atom is -0.438 e. The maximum atomic E-state index is 13.3. The maximum Gasteiger partial charge on any atom is 0.276 e. The van der Waals surface area contributed by atoms with Crippen molar-refractivity contribution in [1.82, 2.24) is 20.2 Å². The Morgan fingerprint density at radius 2 is 1.92 bits per heavy atom. The van der Waals surface area contributed by atoms with Gasteiger partial charge in [-0.2, -0.15) is 9.49 Å². The van der Waals surface area contributed by atoms with E-state index in [0.29, 0.717) is 11.1 Å². The van der Waals surface area contributed by atoms with E-state index in [1.165, 1.54) is 37.6 Å². The topological polar surface area (TPSA) is 96.0 Å². The number of amides is 1. The van der Waals surface area contributed by atoms with Crippen LogP contribution in [-0.2, 0) is 0 Å². The summed E-state index contributed by atoms with van der Waals surface area (Å²) in [6.45, 7) is 2.08. The Labute approximate surface area is 218 Å². The van der Waals surface area contributed by atoms with Crippen LogP contribution in [0, 0.1) is 17.9 Å². The number of aromatic amines is 1. The normalized spacial score (nSPS) is 13.2. The summed E-state index contributed by atoms with van der Waals surface area (Å²) in [4.78, 5) is 24.1. The first-order valence-electron chi connectivity index (χ1n) is 12.3. The number of piperidine rings is 1. The molecule has 0 atom stereocenters. The number of fused-ring (bicyclic) bond motifs is 1. The van der Waals surface area contributed by atoms with E-state index in [2.05, 4.69) is 48.6 Å². The smallest absolute Gasteiger partial charge is 0.276 e. The van der Waals surface area contributed by atoms with Crippen molar-refractivity contribution in [2.45, 2.75) is 19.3 Å². The first-order chi connectivity index (χ1) is 18.6. The van der Waals surface area contributed by atoms with Gasteiger partial charge in [0.15, 0.2) is 11.5 Å². The van der Waals surface area contributed by atoms with Crippen molar-refractivity contribution < 1.29 is 13.9 Å². The van der Waals surface area contributed by atoms with Crippen molar-refractivity contribution in [3.05, 3.63) is 90.8 Å². The lowest BCUT2D eigenvalue weighted by molar-refractivity contribution is 0.102. The number of H-pyrrole nitrogens is 1. The van der Waals surface area contributed by atoms with Crippen LogP contribution in [0.2, 0.25) is 0 Å². The predicted molar refractivity (Wildman–Crippen MR) is 142 cm³/mol. The number of ether oxygens (including phenoxy) is 1. The zero-order valence-electron chi connectivity index (χ0n) is 20.4. The monoisotopic (exact) mass is 506 g/mol. The lowest BCUT2D eigenvalue weighted by Crippen LogP contribution is -2.29. The fraction of sp³-hybridized carbons (Fsp3) is 0.172. The Morgan fingerprint density at radius 1 is 1.03 bits per heavy atom. The van der Waals surface area contributed by atoms with Crippen molar-refractivity contribution in [3.8, 4) is 22.8 Å². The van der Waals surface area contributed by atoms with Crippen LogP contribution in [0.25, 0.3) is 22.0 Å². The number of carbonyl (C=O) groups excluding carboxylic acids is 1. The highest BCUT2D eigenvalue weighted by molar-refractivity contribution is 6.11. The van der Waals surface area contributed by atoms with E-state index < -0.39 is 5.82 Å². The Bertz CT molecular complexity index is 1590. The third-order valence-electron chi connectivity index (χ3n) is 6.45. The molecule has 8 nitrogen and oxygen atoms in total. The molecule has 1 saturated heterocycles. The van der Waals surface area contributed by atoms with Crippen LogP contribution >= 0.6 is 0 Å². The molecule has 38 heavy (non-hydrogen) atoms. The Morgan fingerprint density at radius 3 is 2.74 bits per heavy atom. The van der Waals surface area contributed by atoms with E-state index in [1.54, 1.807) is 12.1 Å². The number of halogens is 1. The highest BCUT2D eigenvalue weighted by atomic mass is 19.1. The summed E-state index contributed by atoms with van der Waals surface area (Å²) in [5.41, 5.74) is 4.54. The van der Waals surface area contributed by atoms with E-state index in [4.69, 9.17) is 4.74 Å². The summed E-state index contributed by atoms with van der Waals surface area (Å²) in [6, 6.07) is 18.7. The molecular formula is C29H23FN6O2. The molecule has 1 amide bonds. The van der Waals surface area contributed by atoms with Crippen molar-refractivity contribution in [1.29, 1.82) is 0 Å². The molecule has 0 unspecified atom stereocenters. The third kappa shape index (κ3) is 4.97. The zero-order valence-corrected chi connectivity index (χ0v) is 20.4. The lowest BCUT2D eigenvalue weighted by Gasteiger charge is -2.28. The van der Waals surface area contributed by atoms with Crippen LogP contribution in [0.5, 0.6) is 11.6 Å². The molecule has 2 N–H and O–H groups in total. The van der Waals surface area contributed by atoms with Gasteiger partial charge in [0.1, 0.15) is 5.75 Å². The second-order valence-corrected chi connectivity index (χ2v) is 9.06. The minimum absolute atomic E-state index is 0.247. The number of rotatable bonds is 6. The van der Waals surface area contributed by atoms with E-state index in [-0.39, 0.29) is 23.2 Å². The number of anilines is 2. The van der Waals surface area contributed by atoms with Gasteiger partial charge in [-0.25, -0.2) is 4.98 Å². The minimum atomic E-state index is -0.577. The number of benzene rings is 1. The standard InChI is InChI=1S/C29H23FN6O2/c30-21-5-4-6-24(15-21)38-27-10-8-22(17-32-27)33-29(37)28-25-14-19(7-9-26(25)34-35-28)20-13-23(18-31-16-20)36-11-2-1-3-12-36/h6-10,13-18H,1-3,11-12H2,(H,33,37)(H,34,35). The molecule has 6 rings (SSSR count). The molecule has 0 saturated carbocycles. The van der Waals surface area contributed by atoms with Gasteiger partial charge >= 0.3 is 0 Å². The maximum absolute atomic E-state index is 13.3. The van der Waals surface area contributed by atoms with Gasteiger partial charge in [-0.3, -0.25) is 14.9 Å². The number of nitrogens with zero attached hydrogens (tertiary/aromatic N) is 4. The molecule has 1 fully saturated rings. The second-order valence-electron chi connectivity index (χ2n) is 9.06. The Balaban J connectivity index is 1.20. The Hall–Kier alpha value is -4.97.